The van der Waals surface area contributed by atoms with E-state index in [-0.39, 0.29) is 11.6 Å². The van der Waals surface area contributed by atoms with Crippen LogP contribution in [0.1, 0.15) is 12.5 Å². The smallest absolute Gasteiger partial charge is 0.361 e. The van der Waals surface area contributed by atoms with Gasteiger partial charge in [-0.15, -0.1) is 11.8 Å². The number of amides is 1. The van der Waals surface area contributed by atoms with E-state index in [1.165, 1.54) is 18.7 Å². The molecule has 3 rings (SSSR count). The van der Waals surface area contributed by atoms with Gasteiger partial charge in [0, 0.05) is 23.0 Å². The lowest BCUT2D eigenvalue weighted by Gasteiger charge is -2.11. The third-order valence-electron chi connectivity index (χ3n) is 3.29. The highest BCUT2D eigenvalue weighted by Crippen LogP contribution is 2.34. The summed E-state index contributed by atoms with van der Waals surface area (Å²) in [6.07, 6.45) is 0. The molecule has 116 valence electrons. The van der Waals surface area contributed by atoms with Gasteiger partial charge in [0.15, 0.2) is 0 Å². The number of nitrogens with one attached hydrogen (secondary N) is 1. The number of anilines is 1. The summed E-state index contributed by atoms with van der Waals surface area (Å²) in [4.78, 5) is 24.4. The SMILES string of the molecule is CC(=O)Nc1c(SCc2ccccc2)c2ccccc2oc1=O. The van der Waals surface area contributed by atoms with Crippen LogP contribution in [0.15, 0.2) is 68.7 Å². The average molecular weight is 325 g/mol. The number of fused-ring (bicyclic) bond motifs is 1. The molecule has 0 aliphatic heterocycles. The van der Waals surface area contributed by atoms with Gasteiger partial charge >= 0.3 is 5.63 Å². The van der Waals surface area contributed by atoms with Gasteiger partial charge in [-0.1, -0.05) is 48.5 Å². The van der Waals surface area contributed by atoms with E-state index in [4.69, 9.17) is 4.42 Å². The van der Waals surface area contributed by atoms with Crippen LogP contribution in [-0.4, -0.2) is 5.91 Å². The Balaban J connectivity index is 2.07. The summed E-state index contributed by atoms with van der Waals surface area (Å²) in [5, 5.41) is 3.42. The summed E-state index contributed by atoms with van der Waals surface area (Å²) in [6.45, 7) is 1.38. The Bertz CT molecular complexity index is 903. The fourth-order valence-electron chi connectivity index (χ4n) is 2.28. The zero-order valence-corrected chi connectivity index (χ0v) is 13.4. The minimum absolute atomic E-state index is 0.206. The number of rotatable bonds is 4. The minimum Gasteiger partial charge on any atom is -0.421 e. The molecule has 2 aromatic carbocycles. The van der Waals surface area contributed by atoms with E-state index in [1.54, 1.807) is 6.07 Å². The first-order chi connectivity index (χ1) is 11.1. The first-order valence-electron chi connectivity index (χ1n) is 7.15. The second kappa shape index (κ2) is 6.71. The summed E-state index contributed by atoms with van der Waals surface area (Å²) in [5.74, 6) is 0.398. The van der Waals surface area contributed by atoms with Crippen molar-refractivity contribution >= 4 is 34.3 Å². The van der Waals surface area contributed by atoms with E-state index in [0.717, 1.165) is 15.8 Å². The monoisotopic (exact) mass is 325 g/mol. The third-order valence-corrected chi connectivity index (χ3v) is 4.48. The third kappa shape index (κ3) is 3.46. The van der Waals surface area contributed by atoms with Gasteiger partial charge in [0.1, 0.15) is 11.3 Å². The van der Waals surface area contributed by atoms with E-state index in [0.29, 0.717) is 11.3 Å². The highest BCUT2D eigenvalue weighted by Gasteiger charge is 2.16. The molecule has 4 nitrogen and oxygen atoms in total. The molecule has 0 atom stereocenters. The minimum atomic E-state index is -0.533. The van der Waals surface area contributed by atoms with E-state index in [1.807, 2.05) is 48.5 Å². The van der Waals surface area contributed by atoms with Crippen LogP contribution in [0.4, 0.5) is 5.69 Å². The zero-order valence-electron chi connectivity index (χ0n) is 12.5. The normalized spacial score (nSPS) is 10.7. The van der Waals surface area contributed by atoms with E-state index in [2.05, 4.69) is 5.32 Å². The standard InChI is InChI=1S/C18H15NO3S/c1-12(20)19-16-17(23-11-13-7-3-2-4-8-13)14-9-5-6-10-15(14)22-18(16)21/h2-10H,11H2,1H3,(H,19,20). The molecule has 1 heterocycles. The van der Waals surface area contributed by atoms with E-state index < -0.39 is 5.63 Å². The summed E-state index contributed by atoms with van der Waals surface area (Å²) in [6, 6.07) is 17.3. The molecule has 5 heteroatoms. The average Bonchev–Trinajstić information content (AvgIpc) is 2.55. The summed E-state index contributed by atoms with van der Waals surface area (Å²) in [5.41, 5.74) is 1.33. The molecule has 0 unspecified atom stereocenters. The number of carbonyl (C=O) groups excluding carboxylic acids is 1. The summed E-state index contributed by atoms with van der Waals surface area (Å²) < 4.78 is 5.30. The van der Waals surface area contributed by atoms with Crippen LogP contribution in [0.2, 0.25) is 0 Å². The van der Waals surface area contributed by atoms with Gasteiger partial charge in [-0.25, -0.2) is 4.79 Å². The predicted molar refractivity (Wildman–Crippen MR) is 92.8 cm³/mol. The second-order valence-corrected chi connectivity index (χ2v) is 6.03. The molecule has 0 radical (unpaired) electrons. The van der Waals surface area contributed by atoms with Gasteiger partial charge in [0.2, 0.25) is 5.91 Å². The van der Waals surface area contributed by atoms with E-state index in [9.17, 15) is 9.59 Å². The molecule has 0 spiro atoms. The highest BCUT2D eigenvalue weighted by molar-refractivity contribution is 7.99. The number of para-hydroxylation sites is 1. The molecule has 1 amide bonds. The molecular formula is C18H15NO3S. The Hall–Kier alpha value is -2.53. The Labute approximate surface area is 137 Å². The molecule has 0 aliphatic rings. The van der Waals surface area contributed by atoms with Gasteiger partial charge in [-0.3, -0.25) is 4.79 Å². The quantitative estimate of drug-likeness (QED) is 0.581. The second-order valence-electron chi connectivity index (χ2n) is 5.05. The van der Waals surface area contributed by atoms with Crippen molar-refractivity contribution in [3.63, 3.8) is 0 Å². The van der Waals surface area contributed by atoms with Crippen molar-refractivity contribution in [2.75, 3.05) is 5.32 Å². The lowest BCUT2D eigenvalue weighted by Crippen LogP contribution is -2.16. The lowest BCUT2D eigenvalue weighted by atomic mass is 10.2. The Morgan fingerprint density at radius 2 is 1.78 bits per heavy atom. The summed E-state index contributed by atoms with van der Waals surface area (Å²) >= 11 is 1.51. The number of thioether (sulfide) groups is 1. The molecule has 0 fully saturated rings. The van der Waals surface area contributed by atoms with Crippen LogP contribution in [0, 0.1) is 0 Å². The molecule has 0 bridgehead atoms. The molecular weight excluding hydrogens is 310 g/mol. The van der Waals surface area contributed by atoms with Crippen LogP contribution in [0.5, 0.6) is 0 Å². The lowest BCUT2D eigenvalue weighted by molar-refractivity contribution is -0.114. The number of hydrogen-bond donors (Lipinski definition) is 1. The van der Waals surface area contributed by atoms with Crippen molar-refractivity contribution in [2.45, 2.75) is 17.6 Å². The van der Waals surface area contributed by atoms with Crippen LogP contribution in [0.3, 0.4) is 0 Å². The maximum atomic E-state index is 12.2. The maximum absolute atomic E-state index is 12.2. The summed E-state index contributed by atoms with van der Waals surface area (Å²) in [7, 11) is 0. The molecule has 1 N–H and O–H groups in total. The number of carbonyl (C=O) groups is 1. The van der Waals surface area contributed by atoms with Crippen molar-refractivity contribution in [1.29, 1.82) is 0 Å². The fourth-order valence-corrected chi connectivity index (χ4v) is 3.39. The first kappa shape index (κ1) is 15.4. The Morgan fingerprint density at radius 1 is 1.09 bits per heavy atom. The van der Waals surface area contributed by atoms with Crippen molar-refractivity contribution in [3.05, 3.63) is 70.6 Å². The van der Waals surface area contributed by atoms with Crippen molar-refractivity contribution in [3.8, 4) is 0 Å². The van der Waals surface area contributed by atoms with E-state index >= 15 is 0 Å². The van der Waals surface area contributed by atoms with Crippen LogP contribution < -0.4 is 10.9 Å². The van der Waals surface area contributed by atoms with Gasteiger partial charge in [-0.05, 0) is 11.6 Å². The highest BCUT2D eigenvalue weighted by atomic mass is 32.2. The molecule has 0 saturated heterocycles. The van der Waals surface area contributed by atoms with Crippen LogP contribution in [0.25, 0.3) is 11.0 Å². The van der Waals surface area contributed by atoms with Crippen LogP contribution in [-0.2, 0) is 10.5 Å². The largest absolute Gasteiger partial charge is 0.421 e. The Morgan fingerprint density at radius 3 is 2.52 bits per heavy atom. The Kier molecular flexibility index (Phi) is 4.48. The number of benzene rings is 2. The molecule has 3 aromatic rings. The predicted octanol–water partition coefficient (Wildman–Crippen LogP) is 4.04. The maximum Gasteiger partial charge on any atom is 0.361 e. The van der Waals surface area contributed by atoms with Crippen molar-refractivity contribution in [1.82, 2.24) is 0 Å². The van der Waals surface area contributed by atoms with Crippen molar-refractivity contribution in [2.24, 2.45) is 0 Å². The van der Waals surface area contributed by atoms with Gasteiger partial charge in [0.25, 0.3) is 0 Å². The molecule has 23 heavy (non-hydrogen) atoms. The topological polar surface area (TPSA) is 59.3 Å². The van der Waals surface area contributed by atoms with Gasteiger partial charge in [-0.2, -0.15) is 0 Å². The fraction of sp³-hybridized carbons (Fsp3) is 0.111. The zero-order chi connectivity index (χ0) is 16.2. The van der Waals surface area contributed by atoms with Gasteiger partial charge < -0.3 is 9.73 Å². The molecule has 0 saturated carbocycles. The number of hydrogen-bond acceptors (Lipinski definition) is 4. The van der Waals surface area contributed by atoms with Crippen LogP contribution >= 0.6 is 11.8 Å². The first-order valence-corrected chi connectivity index (χ1v) is 8.14. The molecule has 0 aliphatic carbocycles. The van der Waals surface area contributed by atoms with Crippen molar-refractivity contribution < 1.29 is 9.21 Å². The van der Waals surface area contributed by atoms with Gasteiger partial charge in [0.05, 0.1) is 0 Å². The molecule has 1 aromatic heterocycles.